The van der Waals surface area contributed by atoms with Gasteiger partial charge in [-0.3, -0.25) is 0 Å². The third kappa shape index (κ3) is 4.33. The molecule has 1 saturated heterocycles. The predicted molar refractivity (Wildman–Crippen MR) is 82.1 cm³/mol. The molecule has 0 amide bonds. The molecule has 0 aromatic heterocycles. The van der Waals surface area contributed by atoms with Crippen LogP contribution in [0, 0.1) is 0 Å². The summed E-state index contributed by atoms with van der Waals surface area (Å²) in [5.41, 5.74) is 6.21. The van der Waals surface area contributed by atoms with Gasteiger partial charge in [-0.1, -0.05) is 16.8 Å². The van der Waals surface area contributed by atoms with Crippen LogP contribution in [0.2, 0.25) is 5.02 Å². The summed E-state index contributed by atoms with van der Waals surface area (Å²) in [6.07, 6.45) is 0. The summed E-state index contributed by atoms with van der Waals surface area (Å²) in [6, 6.07) is 6.42. The van der Waals surface area contributed by atoms with Gasteiger partial charge >= 0.3 is 5.97 Å². The number of nitrogens with zero attached hydrogens (tertiary/aromatic N) is 1. The van der Waals surface area contributed by atoms with Crippen molar-refractivity contribution >= 4 is 46.9 Å². The van der Waals surface area contributed by atoms with E-state index in [-0.39, 0.29) is 5.25 Å². The number of halogens is 1. The van der Waals surface area contributed by atoms with Crippen LogP contribution in [0.25, 0.3) is 0 Å². The predicted octanol–water partition coefficient (Wildman–Crippen LogP) is 2.62. The minimum atomic E-state index is -0.534. The molecule has 1 aliphatic rings. The first-order valence-electron chi connectivity index (χ1n) is 5.66. The topological polar surface area (TPSA) is 64.7 Å². The van der Waals surface area contributed by atoms with Gasteiger partial charge in [0, 0.05) is 22.3 Å². The number of amidine groups is 1. The van der Waals surface area contributed by atoms with E-state index < -0.39 is 5.97 Å². The summed E-state index contributed by atoms with van der Waals surface area (Å²) < 4.78 is 0. The SMILES string of the molecule is N/C(=N/OC(=O)c1ccc(Cl)cc1)[C@H]1CSCCS1. The van der Waals surface area contributed by atoms with E-state index in [2.05, 4.69) is 5.16 Å². The van der Waals surface area contributed by atoms with Gasteiger partial charge in [0.25, 0.3) is 0 Å². The molecular weight excluding hydrogens is 304 g/mol. The van der Waals surface area contributed by atoms with Crippen LogP contribution in [0.3, 0.4) is 0 Å². The Balaban J connectivity index is 1.93. The van der Waals surface area contributed by atoms with Crippen molar-refractivity contribution in [2.45, 2.75) is 5.25 Å². The lowest BCUT2D eigenvalue weighted by molar-refractivity contribution is 0.0515. The van der Waals surface area contributed by atoms with E-state index in [1.54, 1.807) is 36.0 Å². The molecular formula is C12H13ClN2O2S2. The fourth-order valence-corrected chi connectivity index (χ4v) is 4.16. The number of rotatable bonds is 3. The smallest absolute Gasteiger partial charge is 0.365 e. The minimum Gasteiger partial charge on any atom is -0.383 e. The Hall–Kier alpha value is -0.850. The lowest BCUT2D eigenvalue weighted by Gasteiger charge is -2.19. The maximum absolute atomic E-state index is 11.7. The van der Waals surface area contributed by atoms with Crippen molar-refractivity contribution in [3.63, 3.8) is 0 Å². The van der Waals surface area contributed by atoms with Crippen molar-refractivity contribution < 1.29 is 9.63 Å². The summed E-state index contributed by atoms with van der Waals surface area (Å²) in [4.78, 5) is 16.5. The quantitative estimate of drug-likeness (QED) is 0.402. The van der Waals surface area contributed by atoms with Crippen LogP contribution in [0.5, 0.6) is 0 Å². The highest BCUT2D eigenvalue weighted by Gasteiger charge is 2.19. The molecule has 0 aliphatic carbocycles. The van der Waals surface area contributed by atoms with Crippen LogP contribution in [0.1, 0.15) is 10.4 Å². The number of carbonyl (C=O) groups is 1. The first-order valence-corrected chi connectivity index (χ1v) is 8.24. The average Bonchev–Trinajstić information content (AvgIpc) is 2.46. The third-order valence-corrected chi connectivity index (χ3v) is 5.49. The number of thioether (sulfide) groups is 2. The van der Waals surface area contributed by atoms with E-state index in [0.29, 0.717) is 16.4 Å². The zero-order chi connectivity index (χ0) is 13.7. The molecule has 1 heterocycles. The van der Waals surface area contributed by atoms with Crippen LogP contribution in [-0.4, -0.2) is 34.3 Å². The maximum Gasteiger partial charge on any atom is 0.365 e. The molecule has 102 valence electrons. The number of hydrogen-bond donors (Lipinski definition) is 1. The van der Waals surface area contributed by atoms with Gasteiger partial charge in [-0.25, -0.2) is 4.79 Å². The van der Waals surface area contributed by atoms with Crippen molar-refractivity contribution in [1.82, 2.24) is 0 Å². The number of benzene rings is 1. The van der Waals surface area contributed by atoms with Gasteiger partial charge in [0.1, 0.15) is 0 Å². The average molecular weight is 317 g/mol. The summed E-state index contributed by atoms with van der Waals surface area (Å²) in [6.45, 7) is 0. The molecule has 19 heavy (non-hydrogen) atoms. The first kappa shape index (κ1) is 14.6. The van der Waals surface area contributed by atoms with E-state index in [1.165, 1.54) is 0 Å². The largest absolute Gasteiger partial charge is 0.383 e. The molecule has 1 aliphatic heterocycles. The number of hydrogen-bond acceptors (Lipinski definition) is 5. The molecule has 2 N–H and O–H groups in total. The van der Waals surface area contributed by atoms with E-state index in [4.69, 9.17) is 22.2 Å². The second kappa shape index (κ2) is 7.07. The molecule has 1 aromatic rings. The molecule has 0 bridgehead atoms. The Bertz CT molecular complexity index is 473. The van der Waals surface area contributed by atoms with Gasteiger partial charge in [-0.2, -0.15) is 11.8 Å². The van der Waals surface area contributed by atoms with E-state index in [0.717, 1.165) is 17.3 Å². The Kier molecular flexibility index (Phi) is 5.42. The number of nitrogens with two attached hydrogens (primary N) is 1. The van der Waals surface area contributed by atoms with Crippen LogP contribution < -0.4 is 5.73 Å². The molecule has 0 radical (unpaired) electrons. The molecule has 0 unspecified atom stereocenters. The number of oxime groups is 1. The molecule has 1 fully saturated rings. The minimum absolute atomic E-state index is 0.122. The van der Waals surface area contributed by atoms with Gasteiger partial charge in [0.2, 0.25) is 0 Å². The van der Waals surface area contributed by atoms with Gasteiger partial charge in [0.15, 0.2) is 5.84 Å². The Morgan fingerprint density at radius 1 is 1.37 bits per heavy atom. The van der Waals surface area contributed by atoms with E-state index >= 15 is 0 Å². The monoisotopic (exact) mass is 316 g/mol. The molecule has 0 spiro atoms. The molecule has 1 aromatic carbocycles. The van der Waals surface area contributed by atoms with E-state index in [1.807, 2.05) is 11.8 Å². The lowest BCUT2D eigenvalue weighted by atomic mass is 10.2. The molecule has 0 saturated carbocycles. The zero-order valence-corrected chi connectivity index (χ0v) is 12.4. The summed E-state index contributed by atoms with van der Waals surface area (Å²) in [5, 5.41) is 4.41. The fourth-order valence-electron chi connectivity index (χ4n) is 1.45. The van der Waals surface area contributed by atoms with Crippen molar-refractivity contribution in [1.29, 1.82) is 0 Å². The van der Waals surface area contributed by atoms with Gasteiger partial charge in [0.05, 0.1) is 10.8 Å². The van der Waals surface area contributed by atoms with Crippen LogP contribution in [-0.2, 0) is 4.84 Å². The number of carbonyl (C=O) groups excluding carboxylic acids is 1. The maximum atomic E-state index is 11.7. The fraction of sp³-hybridized carbons (Fsp3) is 0.333. The van der Waals surface area contributed by atoms with Crippen LogP contribution in [0.4, 0.5) is 0 Å². The molecule has 2 rings (SSSR count). The van der Waals surface area contributed by atoms with Crippen LogP contribution in [0.15, 0.2) is 29.4 Å². The van der Waals surface area contributed by atoms with Crippen molar-refractivity contribution in [3.05, 3.63) is 34.9 Å². The summed E-state index contributed by atoms with van der Waals surface area (Å²) >= 11 is 9.30. The lowest BCUT2D eigenvalue weighted by Crippen LogP contribution is -2.31. The highest BCUT2D eigenvalue weighted by molar-refractivity contribution is 8.07. The zero-order valence-electron chi connectivity index (χ0n) is 10.0. The van der Waals surface area contributed by atoms with Gasteiger partial charge in [-0.05, 0) is 24.3 Å². The van der Waals surface area contributed by atoms with Crippen molar-refractivity contribution in [3.8, 4) is 0 Å². The second-order valence-electron chi connectivity index (χ2n) is 3.84. The Morgan fingerprint density at radius 2 is 2.11 bits per heavy atom. The van der Waals surface area contributed by atoms with Gasteiger partial charge < -0.3 is 10.6 Å². The normalized spacial score (nSPS) is 20.1. The Morgan fingerprint density at radius 3 is 2.74 bits per heavy atom. The first-order chi connectivity index (χ1) is 9.16. The Labute approximate surface area is 125 Å². The van der Waals surface area contributed by atoms with Crippen LogP contribution >= 0.6 is 35.1 Å². The highest BCUT2D eigenvalue weighted by atomic mass is 35.5. The highest BCUT2D eigenvalue weighted by Crippen LogP contribution is 2.24. The third-order valence-electron chi connectivity index (χ3n) is 2.46. The second-order valence-corrected chi connectivity index (χ2v) is 6.73. The van der Waals surface area contributed by atoms with E-state index in [9.17, 15) is 4.79 Å². The van der Waals surface area contributed by atoms with Crippen molar-refractivity contribution in [2.24, 2.45) is 10.9 Å². The standard InChI is InChI=1S/C12H13ClN2O2S2/c13-9-3-1-8(2-4-9)12(16)17-15-11(14)10-7-18-5-6-19-10/h1-4,10H,5-7H2,(H2,14,15)/t10-/m1/s1. The molecule has 4 nitrogen and oxygen atoms in total. The molecule has 1 atom stereocenters. The van der Waals surface area contributed by atoms with Crippen molar-refractivity contribution in [2.75, 3.05) is 17.3 Å². The molecule has 7 heteroatoms. The van der Waals surface area contributed by atoms with Gasteiger partial charge in [-0.15, -0.1) is 11.8 Å². The summed E-state index contributed by atoms with van der Waals surface area (Å²) in [7, 11) is 0. The summed E-state index contributed by atoms with van der Waals surface area (Å²) in [5.74, 6) is 2.89.